The summed E-state index contributed by atoms with van der Waals surface area (Å²) >= 11 is 0. The molecule has 0 aromatic heterocycles. The normalized spacial score (nSPS) is 11.7. The second kappa shape index (κ2) is 13.6. The van der Waals surface area contributed by atoms with Crippen molar-refractivity contribution in [3.63, 3.8) is 0 Å². The van der Waals surface area contributed by atoms with Crippen LogP contribution in [0.4, 0.5) is 0 Å². The third-order valence-corrected chi connectivity index (χ3v) is 5.32. The predicted octanol–water partition coefficient (Wildman–Crippen LogP) is 7.43. The molecule has 0 heterocycles. The molecular formula is C29H40O6. The molecular weight excluding hydrogens is 444 g/mol. The molecule has 6 heteroatoms. The van der Waals surface area contributed by atoms with Crippen molar-refractivity contribution in [2.75, 3.05) is 26.4 Å². The van der Waals surface area contributed by atoms with Gasteiger partial charge in [-0.15, -0.1) is 0 Å². The summed E-state index contributed by atoms with van der Waals surface area (Å²) in [4.78, 5) is 0. The van der Waals surface area contributed by atoms with Crippen molar-refractivity contribution < 1.29 is 28.4 Å². The maximum atomic E-state index is 6.17. The van der Waals surface area contributed by atoms with E-state index in [1.54, 1.807) is 12.5 Å². The molecule has 0 atom stereocenters. The van der Waals surface area contributed by atoms with Gasteiger partial charge in [0.05, 0.1) is 39.0 Å². The number of hydrogen-bond acceptors (Lipinski definition) is 6. The first kappa shape index (κ1) is 28.0. The molecule has 0 aliphatic heterocycles. The maximum absolute atomic E-state index is 6.17. The highest BCUT2D eigenvalue weighted by Gasteiger charge is 2.35. The molecule has 35 heavy (non-hydrogen) atoms. The Bertz CT molecular complexity index is 927. The fraction of sp³-hybridized carbons (Fsp3) is 0.448. The first-order valence-electron chi connectivity index (χ1n) is 12.3. The third kappa shape index (κ3) is 6.44. The van der Waals surface area contributed by atoms with Crippen molar-refractivity contribution in [2.45, 2.75) is 60.8 Å². The van der Waals surface area contributed by atoms with Gasteiger partial charge in [-0.2, -0.15) is 0 Å². The Morgan fingerprint density at radius 1 is 0.571 bits per heavy atom. The smallest absolute Gasteiger partial charge is 0.204 e. The largest absolute Gasteiger partial charge is 0.490 e. The van der Waals surface area contributed by atoms with Gasteiger partial charge in [0, 0.05) is 16.5 Å². The van der Waals surface area contributed by atoms with E-state index in [2.05, 4.69) is 13.8 Å². The van der Waals surface area contributed by atoms with Gasteiger partial charge < -0.3 is 28.4 Å². The van der Waals surface area contributed by atoms with Gasteiger partial charge in [-0.1, -0.05) is 38.1 Å². The first-order valence-corrected chi connectivity index (χ1v) is 12.3. The zero-order valence-corrected chi connectivity index (χ0v) is 22.4. The third-order valence-electron chi connectivity index (χ3n) is 5.32. The maximum Gasteiger partial charge on any atom is 0.204 e. The van der Waals surface area contributed by atoms with Gasteiger partial charge in [0.2, 0.25) is 11.5 Å². The lowest BCUT2D eigenvalue weighted by Gasteiger charge is -2.32. The summed E-state index contributed by atoms with van der Waals surface area (Å²) < 4.78 is 36.0. The van der Waals surface area contributed by atoms with Gasteiger partial charge in [0.25, 0.3) is 0 Å². The van der Waals surface area contributed by atoms with Crippen molar-refractivity contribution in [2.24, 2.45) is 0 Å². The first-order chi connectivity index (χ1) is 16.9. The van der Waals surface area contributed by atoms with Crippen LogP contribution >= 0.6 is 0 Å². The van der Waals surface area contributed by atoms with Crippen LogP contribution in [0.2, 0.25) is 0 Å². The summed E-state index contributed by atoms with van der Waals surface area (Å²) in [5.41, 5.74) is 1.35. The van der Waals surface area contributed by atoms with E-state index in [0.717, 1.165) is 11.1 Å². The van der Waals surface area contributed by atoms with E-state index >= 15 is 0 Å². The molecule has 0 radical (unpaired) electrons. The molecule has 2 aromatic carbocycles. The second-order valence-electron chi connectivity index (χ2n) is 8.07. The highest BCUT2D eigenvalue weighted by atomic mass is 16.5. The topological polar surface area (TPSA) is 55.4 Å². The quantitative estimate of drug-likeness (QED) is 0.260. The Morgan fingerprint density at radius 2 is 0.914 bits per heavy atom. The van der Waals surface area contributed by atoms with E-state index in [4.69, 9.17) is 28.4 Å². The Balaban J connectivity index is 2.80. The molecule has 0 amide bonds. The molecule has 6 nitrogen and oxygen atoms in total. The lowest BCUT2D eigenvalue weighted by Crippen LogP contribution is -2.22. The molecule has 0 N–H and O–H groups in total. The average molecular weight is 485 g/mol. The van der Waals surface area contributed by atoms with Crippen LogP contribution in [-0.4, -0.2) is 26.4 Å². The molecule has 2 rings (SSSR count). The molecule has 0 saturated carbocycles. The number of allylic oxidation sites excluding steroid dienone is 2. The SMILES string of the molecule is CC=COc1ccc(C(C)(C)c2ccc(OC=CC)c(OCC)c2OCC)c(OCC)c1OCC. The highest BCUT2D eigenvalue weighted by Crippen LogP contribution is 2.51. The number of ether oxygens (including phenoxy) is 6. The van der Waals surface area contributed by atoms with Gasteiger partial charge in [-0.25, -0.2) is 0 Å². The van der Waals surface area contributed by atoms with E-state index in [0.29, 0.717) is 60.9 Å². The van der Waals surface area contributed by atoms with E-state index in [9.17, 15) is 0 Å². The van der Waals surface area contributed by atoms with Crippen LogP contribution in [0.3, 0.4) is 0 Å². The monoisotopic (exact) mass is 484 g/mol. The summed E-state index contributed by atoms with van der Waals surface area (Å²) in [7, 11) is 0. The Labute approximate surface area is 210 Å². The van der Waals surface area contributed by atoms with Gasteiger partial charge in [0.15, 0.2) is 23.0 Å². The summed E-state index contributed by atoms with van der Waals surface area (Å²) in [6, 6.07) is 7.87. The number of rotatable bonds is 14. The minimum atomic E-state index is -0.537. The van der Waals surface area contributed by atoms with Crippen LogP contribution < -0.4 is 28.4 Å². The summed E-state index contributed by atoms with van der Waals surface area (Å²) in [5.74, 6) is 3.65. The number of hydrogen-bond donors (Lipinski definition) is 0. The van der Waals surface area contributed by atoms with Crippen LogP contribution in [-0.2, 0) is 5.41 Å². The second-order valence-corrected chi connectivity index (χ2v) is 8.07. The van der Waals surface area contributed by atoms with E-state index in [-0.39, 0.29) is 0 Å². The van der Waals surface area contributed by atoms with Crippen molar-refractivity contribution in [3.8, 4) is 34.5 Å². The fourth-order valence-corrected chi connectivity index (χ4v) is 3.82. The summed E-state index contributed by atoms with van der Waals surface area (Å²) in [5, 5.41) is 0. The zero-order chi connectivity index (χ0) is 25.8. The summed E-state index contributed by atoms with van der Waals surface area (Å²) in [6.07, 6.45) is 6.91. The van der Waals surface area contributed by atoms with E-state index in [1.165, 1.54) is 0 Å². The fourth-order valence-electron chi connectivity index (χ4n) is 3.82. The number of benzene rings is 2. The summed E-state index contributed by atoms with van der Waals surface area (Å²) in [6.45, 7) is 17.8. The minimum Gasteiger partial charge on any atom is -0.490 e. The lowest BCUT2D eigenvalue weighted by molar-refractivity contribution is 0.266. The van der Waals surface area contributed by atoms with Crippen LogP contribution in [0, 0.1) is 0 Å². The molecule has 0 saturated heterocycles. The van der Waals surface area contributed by atoms with Crippen molar-refractivity contribution >= 4 is 0 Å². The molecule has 2 aromatic rings. The van der Waals surface area contributed by atoms with E-state index < -0.39 is 5.41 Å². The van der Waals surface area contributed by atoms with Crippen molar-refractivity contribution in [3.05, 3.63) is 60.1 Å². The molecule has 0 aliphatic carbocycles. The Kier molecular flexibility index (Phi) is 10.8. The van der Waals surface area contributed by atoms with Gasteiger partial charge >= 0.3 is 0 Å². The Morgan fingerprint density at radius 3 is 1.23 bits per heavy atom. The zero-order valence-electron chi connectivity index (χ0n) is 22.4. The van der Waals surface area contributed by atoms with Crippen LogP contribution in [0.1, 0.15) is 66.5 Å². The molecule has 0 fully saturated rings. The van der Waals surface area contributed by atoms with E-state index in [1.807, 2.05) is 78.0 Å². The van der Waals surface area contributed by atoms with Crippen LogP contribution in [0.15, 0.2) is 48.9 Å². The molecule has 0 unspecified atom stereocenters. The molecule has 0 bridgehead atoms. The molecule has 192 valence electrons. The van der Waals surface area contributed by atoms with Crippen molar-refractivity contribution in [1.82, 2.24) is 0 Å². The van der Waals surface area contributed by atoms with Crippen molar-refractivity contribution in [1.29, 1.82) is 0 Å². The Hall–Kier alpha value is -3.28. The van der Waals surface area contributed by atoms with Crippen LogP contribution in [0.5, 0.6) is 34.5 Å². The van der Waals surface area contributed by atoms with Gasteiger partial charge in [-0.05, 0) is 53.7 Å². The highest BCUT2D eigenvalue weighted by molar-refractivity contribution is 5.64. The standard InChI is InChI=1S/C29H40O6/c1-9-19-34-23-17-15-21(25(30-11-3)27(23)32-13-5)29(7,8)22-16-18-24(35-20-10-2)28(33-14-6)26(22)31-12-4/h9-10,15-20H,11-14H2,1-8H3. The minimum absolute atomic E-state index is 0.478. The lowest BCUT2D eigenvalue weighted by atomic mass is 9.76. The van der Waals surface area contributed by atoms with Crippen LogP contribution in [0.25, 0.3) is 0 Å². The average Bonchev–Trinajstić information content (AvgIpc) is 2.84. The van der Waals surface area contributed by atoms with Gasteiger partial charge in [0.1, 0.15) is 0 Å². The molecule has 0 spiro atoms. The predicted molar refractivity (Wildman–Crippen MR) is 141 cm³/mol. The van der Waals surface area contributed by atoms with Gasteiger partial charge in [-0.3, -0.25) is 0 Å². The molecule has 0 aliphatic rings.